The minimum absolute atomic E-state index is 0.189. The van der Waals surface area contributed by atoms with Crippen LogP contribution >= 0.6 is 0 Å². The lowest BCUT2D eigenvalue weighted by atomic mass is 9.67. The third kappa shape index (κ3) is 2.71. The van der Waals surface area contributed by atoms with E-state index in [1.165, 1.54) is 6.92 Å². The quantitative estimate of drug-likeness (QED) is 0.505. The van der Waals surface area contributed by atoms with Crippen LogP contribution in [0, 0.1) is 11.8 Å². The van der Waals surface area contributed by atoms with E-state index < -0.39 is 47.3 Å². The van der Waals surface area contributed by atoms with Crippen LogP contribution in [-0.2, 0) is 9.53 Å². The van der Waals surface area contributed by atoms with Crippen LogP contribution in [0.1, 0.15) is 65.7 Å². The lowest BCUT2D eigenvalue weighted by molar-refractivity contribution is -0.306. The second kappa shape index (κ2) is 6.13. The maximum Gasteiger partial charge on any atom is 0.315 e. The molecule has 2 rings (SSSR count). The van der Waals surface area contributed by atoms with Gasteiger partial charge in [0.15, 0.2) is 0 Å². The second-order valence-electron chi connectivity index (χ2n) is 7.31. The summed E-state index contributed by atoms with van der Waals surface area (Å²) < 4.78 is 76.9. The fraction of sp³-hybridized carbons (Fsp3) is 0.941. The van der Waals surface area contributed by atoms with Crippen molar-refractivity contribution in [3.8, 4) is 0 Å². The number of rotatable bonds is 4. The summed E-state index contributed by atoms with van der Waals surface area (Å²) in [5, 5.41) is 0. The van der Waals surface area contributed by atoms with E-state index in [0.717, 1.165) is 12.8 Å². The van der Waals surface area contributed by atoms with E-state index in [0.29, 0.717) is 19.3 Å². The Morgan fingerprint density at radius 3 is 2.04 bits per heavy atom. The maximum atomic E-state index is 14.5. The monoisotopic (exact) mass is 356 g/mol. The number of esters is 1. The molecular weight excluding hydrogens is 331 g/mol. The minimum Gasteiger partial charge on any atom is -0.459 e. The van der Waals surface area contributed by atoms with Crippen LogP contribution in [0.2, 0.25) is 0 Å². The molecule has 0 bridgehead atoms. The van der Waals surface area contributed by atoms with Crippen molar-refractivity contribution >= 4 is 5.97 Å². The van der Waals surface area contributed by atoms with Gasteiger partial charge in [-0.05, 0) is 51.9 Å². The molecule has 2 fully saturated rings. The fourth-order valence-electron chi connectivity index (χ4n) is 4.01. The molecule has 0 spiro atoms. The van der Waals surface area contributed by atoms with Gasteiger partial charge in [0.2, 0.25) is 5.67 Å². The summed E-state index contributed by atoms with van der Waals surface area (Å²) >= 11 is 0. The summed E-state index contributed by atoms with van der Waals surface area (Å²) in [5.74, 6) is -13.7. The zero-order valence-electron chi connectivity index (χ0n) is 14.3. The van der Waals surface area contributed by atoms with Gasteiger partial charge in [-0.3, -0.25) is 4.79 Å². The normalized spacial score (nSPS) is 37.2. The van der Waals surface area contributed by atoms with E-state index >= 15 is 0 Å². The Morgan fingerprint density at radius 2 is 1.58 bits per heavy atom. The van der Waals surface area contributed by atoms with Gasteiger partial charge in [-0.15, -0.1) is 0 Å². The smallest absolute Gasteiger partial charge is 0.315 e. The van der Waals surface area contributed by atoms with Gasteiger partial charge >= 0.3 is 5.97 Å². The van der Waals surface area contributed by atoms with E-state index in [1.54, 1.807) is 6.92 Å². The highest BCUT2D eigenvalue weighted by Gasteiger charge is 2.76. The first-order valence-electron chi connectivity index (χ1n) is 8.62. The predicted molar refractivity (Wildman–Crippen MR) is 78.9 cm³/mol. The summed E-state index contributed by atoms with van der Waals surface area (Å²) in [6.45, 7) is 3.37. The van der Waals surface area contributed by atoms with Gasteiger partial charge < -0.3 is 4.74 Å². The number of alkyl halides is 5. The first-order chi connectivity index (χ1) is 10.9. The summed E-state index contributed by atoms with van der Waals surface area (Å²) in [7, 11) is 0. The van der Waals surface area contributed by atoms with Gasteiger partial charge in [0.05, 0.1) is 0 Å². The average Bonchev–Trinajstić information content (AvgIpc) is 2.95. The molecule has 24 heavy (non-hydrogen) atoms. The number of carbonyl (C=O) groups excluding carboxylic acids is 1. The Balaban J connectivity index is 2.30. The Labute approximate surface area is 139 Å². The predicted octanol–water partition coefficient (Wildman–Crippen LogP) is 5.30. The molecule has 0 aromatic carbocycles. The molecule has 140 valence electrons. The molecule has 0 saturated heterocycles. The zero-order chi connectivity index (χ0) is 18.4. The fourth-order valence-corrected chi connectivity index (χ4v) is 4.01. The van der Waals surface area contributed by atoms with Crippen molar-refractivity contribution in [1.82, 2.24) is 0 Å². The van der Waals surface area contributed by atoms with Crippen LogP contribution in [0.15, 0.2) is 0 Å². The summed E-state index contributed by atoms with van der Waals surface area (Å²) in [6, 6.07) is 0. The number of hydrogen-bond donors (Lipinski definition) is 0. The molecule has 0 aliphatic heterocycles. The molecule has 7 heteroatoms. The number of hydrogen-bond acceptors (Lipinski definition) is 2. The Morgan fingerprint density at radius 1 is 1.04 bits per heavy atom. The van der Waals surface area contributed by atoms with Crippen LogP contribution in [-0.4, -0.2) is 29.1 Å². The number of ether oxygens (including phenoxy) is 1. The van der Waals surface area contributed by atoms with Crippen LogP contribution in [0.3, 0.4) is 0 Å². The molecule has 0 radical (unpaired) electrons. The molecule has 0 heterocycles. The molecule has 0 amide bonds. The third-order valence-electron chi connectivity index (χ3n) is 5.98. The highest BCUT2D eigenvalue weighted by molar-refractivity contribution is 5.75. The van der Waals surface area contributed by atoms with Crippen LogP contribution in [0.25, 0.3) is 0 Å². The highest BCUT2D eigenvalue weighted by Crippen LogP contribution is 2.58. The second-order valence-corrected chi connectivity index (χ2v) is 7.31. The van der Waals surface area contributed by atoms with Crippen molar-refractivity contribution in [3.63, 3.8) is 0 Å². The largest absolute Gasteiger partial charge is 0.459 e. The molecule has 2 aliphatic carbocycles. The molecular formula is C17H25F5O2. The van der Waals surface area contributed by atoms with Gasteiger partial charge in [-0.25, -0.2) is 22.0 Å². The van der Waals surface area contributed by atoms with Gasteiger partial charge in [0.25, 0.3) is 11.8 Å². The molecule has 2 saturated carbocycles. The molecule has 0 aromatic heterocycles. The average molecular weight is 356 g/mol. The van der Waals surface area contributed by atoms with Crippen molar-refractivity contribution in [2.75, 3.05) is 0 Å². The van der Waals surface area contributed by atoms with Crippen molar-refractivity contribution in [2.24, 2.45) is 11.8 Å². The molecule has 0 N–H and O–H groups in total. The summed E-state index contributed by atoms with van der Waals surface area (Å²) in [6.07, 6.45) is 2.27. The first kappa shape index (κ1) is 19.4. The van der Waals surface area contributed by atoms with Crippen molar-refractivity contribution in [2.45, 2.75) is 88.8 Å². The lowest BCUT2D eigenvalue weighted by Gasteiger charge is -2.48. The number of carbonyl (C=O) groups is 1. The maximum absolute atomic E-state index is 14.5. The Bertz CT molecular complexity index is 483. The Kier molecular flexibility index (Phi) is 4.97. The first-order valence-corrected chi connectivity index (χ1v) is 8.62. The summed E-state index contributed by atoms with van der Waals surface area (Å²) in [5.41, 5.74) is -4.90. The van der Waals surface area contributed by atoms with E-state index in [4.69, 9.17) is 4.74 Å². The van der Waals surface area contributed by atoms with Crippen LogP contribution in [0.4, 0.5) is 22.0 Å². The topological polar surface area (TPSA) is 26.3 Å². The zero-order valence-corrected chi connectivity index (χ0v) is 14.3. The molecule has 2 aliphatic rings. The van der Waals surface area contributed by atoms with Crippen molar-refractivity contribution in [1.29, 1.82) is 0 Å². The van der Waals surface area contributed by atoms with Gasteiger partial charge in [0, 0.05) is 5.92 Å². The standard InChI is InChI=1S/C17H25F5O2/c1-4-11-10-12(17(21,22)14(3,18)16(11,19)20)13(23)24-15(5-2)8-6-7-9-15/h11-12H,4-10H2,1-3H3. The number of halogens is 5. The molecule has 3 unspecified atom stereocenters. The SMILES string of the molecule is CCC1CC(C(=O)OC2(CC)CCCC2)C(F)(F)C(C)(F)C1(F)F. The van der Waals surface area contributed by atoms with Gasteiger partial charge in [-0.1, -0.05) is 13.8 Å². The minimum atomic E-state index is -4.48. The van der Waals surface area contributed by atoms with E-state index in [-0.39, 0.29) is 13.3 Å². The van der Waals surface area contributed by atoms with Crippen LogP contribution in [0.5, 0.6) is 0 Å². The van der Waals surface area contributed by atoms with Gasteiger partial charge in [0.1, 0.15) is 11.5 Å². The molecule has 3 atom stereocenters. The molecule has 0 aromatic rings. The highest BCUT2D eigenvalue weighted by atomic mass is 19.3. The van der Waals surface area contributed by atoms with E-state index in [1.807, 2.05) is 0 Å². The third-order valence-corrected chi connectivity index (χ3v) is 5.98. The van der Waals surface area contributed by atoms with Crippen LogP contribution < -0.4 is 0 Å². The van der Waals surface area contributed by atoms with E-state index in [9.17, 15) is 26.7 Å². The van der Waals surface area contributed by atoms with Gasteiger partial charge in [-0.2, -0.15) is 0 Å². The summed E-state index contributed by atoms with van der Waals surface area (Å²) in [4.78, 5) is 12.4. The van der Waals surface area contributed by atoms with Crippen molar-refractivity contribution < 1.29 is 31.5 Å². The Hall–Kier alpha value is -0.880. The van der Waals surface area contributed by atoms with E-state index in [2.05, 4.69) is 0 Å². The molecule has 2 nitrogen and oxygen atoms in total. The lowest BCUT2D eigenvalue weighted by Crippen LogP contribution is -2.67. The van der Waals surface area contributed by atoms with Crippen molar-refractivity contribution in [3.05, 3.63) is 0 Å².